The lowest BCUT2D eigenvalue weighted by Gasteiger charge is -2.27. The maximum absolute atomic E-state index is 12.3. The summed E-state index contributed by atoms with van der Waals surface area (Å²) in [7, 11) is 0. The monoisotopic (exact) mass is 452 g/mol. The molecule has 0 bridgehead atoms. The van der Waals surface area contributed by atoms with E-state index in [1.807, 2.05) is 24.3 Å². The Labute approximate surface area is 194 Å². The van der Waals surface area contributed by atoms with Crippen LogP contribution in [0.5, 0.6) is 17.2 Å². The van der Waals surface area contributed by atoms with Crippen LogP contribution in [0.1, 0.15) is 61.3 Å². The lowest BCUT2D eigenvalue weighted by molar-refractivity contribution is -0.147. The van der Waals surface area contributed by atoms with Gasteiger partial charge >= 0.3 is 5.97 Å². The number of cyclic esters (lactones) is 1. The van der Waals surface area contributed by atoms with E-state index in [1.165, 1.54) is 6.07 Å². The third-order valence-corrected chi connectivity index (χ3v) is 7.60. The lowest BCUT2D eigenvalue weighted by atomic mass is 9.86. The highest BCUT2D eigenvalue weighted by atomic mass is 16.5. The Hall–Kier alpha value is -2.73. The van der Waals surface area contributed by atoms with Crippen molar-refractivity contribution < 1.29 is 29.6 Å². The van der Waals surface area contributed by atoms with Gasteiger partial charge in [0.05, 0.1) is 18.6 Å². The maximum Gasteiger partial charge on any atom is 0.309 e. The van der Waals surface area contributed by atoms with E-state index in [2.05, 4.69) is 0 Å². The van der Waals surface area contributed by atoms with E-state index in [9.17, 15) is 20.1 Å². The molecular formula is C27H32O6. The number of esters is 1. The Kier molecular flexibility index (Phi) is 6.19. The van der Waals surface area contributed by atoms with Gasteiger partial charge in [-0.15, -0.1) is 0 Å². The Bertz CT molecular complexity index is 1020. The minimum absolute atomic E-state index is 0.0209. The van der Waals surface area contributed by atoms with Gasteiger partial charge in [-0.2, -0.15) is 0 Å². The zero-order chi connectivity index (χ0) is 22.9. The molecule has 5 rings (SSSR count). The molecule has 1 heterocycles. The highest BCUT2D eigenvalue weighted by Gasteiger charge is 2.43. The molecule has 2 unspecified atom stereocenters. The summed E-state index contributed by atoms with van der Waals surface area (Å²) < 4.78 is 11.9. The molecule has 33 heavy (non-hydrogen) atoms. The lowest BCUT2D eigenvalue weighted by Crippen LogP contribution is -2.22. The summed E-state index contributed by atoms with van der Waals surface area (Å²) in [6.07, 6.45) is 5.88. The molecule has 3 aliphatic rings. The molecule has 176 valence electrons. The Morgan fingerprint density at radius 2 is 1.94 bits per heavy atom. The Balaban J connectivity index is 1.39. The second kappa shape index (κ2) is 9.26. The molecule has 0 aromatic heterocycles. The quantitative estimate of drug-likeness (QED) is 0.581. The number of hydrogen-bond acceptors (Lipinski definition) is 6. The van der Waals surface area contributed by atoms with Gasteiger partial charge in [-0.05, 0) is 81.0 Å². The summed E-state index contributed by atoms with van der Waals surface area (Å²) in [4.78, 5) is 12.3. The molecular weight excluding hydrogens is 420 g/mol. The molecule has 5 atom stereocenters. The topological polar surface area (TPSA) is 96.2 Å². The van der Waals surface area contributed by atoms with Crippen LogP contribution in [0.15, 0.2) is 36.4 Å². The van der Waals surface area contributed by atoms with Crippen LogP contribution in [-0.2, 0) is 22.4 Å². The van der Waals surface area contributed by atoms with Crippen LogP contribution in [0.2, 0.25) is 0 Å². The number of phenolic OH excluding ortho intramolecular Hbond substituents is 2. The molecule has 6 heteroatoms. The average Bonchev–Trinajstić information content (AvgIpc) is 3.30. The number of aliphatic hydroxyl groups is 1. The van der Waals surface area contributed by atoms with E-state index in [-0.39, 0.29) is 41.5 Å². The van der Waals surface area contributed by atoms with Gasteiger partial charge in [0.1, 0.15) is 23.4 Å². The summed E-state index contributed by atoms with van der Waals surface area (Å²) in [5.74, 6) is 0.991. The first-order chi connectivity index (χ1) is 16.0. The summed E-state index contributed by atoms with van der Waals surface area (Å²) in [6, 6.07) is 10.9. The van der Waals surface area contributed by atoms with Crippen LogP contribution in [0.25, 0.3) is 0 Å². The van der Waals surface area contributed by atoms with E-state index in [4.69, 9.17) is 9.47 Å². The summed E-state index contributed by atoms with van der Waals surface area (Å²) in [5, 5.41) is 30.7. The Morgan fingerprint density at radius 3 is 2.76 bits per heavy atom. The number of phenols is 2. The maximum atomic E-state index is 12.3. The first kappa shape index (κ1) is 22.1. The van der Waals surface area contributed by atoms with Crippen molar-refractivity contribution in [1.82, 2.24) is 0 Å². The van der Waals surface area contributed by atoms with Crippen LogP contribution in [0.4, 0.5) is 0 Å². The van der Waals surface area contributed by atoms with Gasteiger partial charge in [0.15, 0.2) is 0 Å². The number of carbonyl (C=O) groups is 1. The average molecular weight is 453 g/mol. The molecule has 2 fully saturated rings. The van der Waals surface area contributed by atoms with Crippen molar-refractivity contribution in [3.8, 4) is 17.2 Å². The molecule has 0 spiro atoms. The third-order valence-electron chi connectivity index (χ3n) is 7.60. The van der Waals surface area contributed by atoms with Gasteiger partial charge in [-0.3, -0.25) is 4.79 Å². The van der Waals surface area contributed by atoms with E-state index < -0.39 is 0 Å². The number of ether oxygens (including phenoxy) is 2. The van der Waals surface area contributed by atoms with Gasteiger partial charge in [-0.1, -0.05) is 12.1 Å². The summed E-state index contributed by atoms with van der Waals surface area (Å²) in [5.41, 5.74) is 2.67. The first-order valence-corrected chi connectivity index (χ1v) is 12.1. The molecule has 2 aromatic carbocycles. The second-order valence-electron chi connectivity index (χ2n) is 9.88. The minimum Gasteiger partial charge on any atom is -0.508 e. The highest BCUT2D eigenvalue weighted by Crippen LogP contribution is 2.50. The van der Waals surface area contributed by atoms with Crippen molar-refractivity contribution in [3.05, 3.63) is 53.1 Å². The van der Waals surface area contributed by atoms with Crippen LogP contribution >= 0.6 is 0 Å². The largest absolute Gasteiger partial charge is 0.508 e. The van der Waals surface area contributed by atoms with Gasteiger partial charge < -0.3 is 24.8 Å². The first-order valence-electron chi connectivity index (χ1n) is 12.1. The zero-order valence-corrected chi connectivity index (χ0v) is 18.8. The number of aliphatic hydroxyl groups excluding tert-OH is 1. The van der Waals surface area contributed by atoms with Gasteiger partial charge in [0.2, 0.25) is 0 Å². The van der Waals surface area contributed by atoms with Gasteiger partial charge in [0, 0.05) is 23.1 Å². The molecule has 1 saturated heterocycles. The fraction of sp³-hybridized carbons (Fsp3) is 0.519. The highest BCUT2D eigenvalue weighted by molar-refractivity contribution is 5.73. The predicted octanol–water partition coefficient (Wildman–Crippen LogP) is 4.44. The fourth-order valence-electron chi connectivity index (χ4n) is 5.92. The van der Waals surface area contributed by atoms with E-state index in [0.717, 1.165) is 55.2 Å². The molecule has 1 saturated carbocycles. The second-order valence-corrected chi connectivity index (χ2v) is 9.88. The summed E-state index contributed by atoms with van der Waals surface area (Å²) >= 11 is 0. The number of fused-ring (bicyclic) bond motifs is 1. The molecule has 2 aliphatic carbocycles. The number of aromatic hydroxyl groups is 2. The molecule has 1 aliphatic heterocycles. The SMILES string of the molecule is O=C1OCCCCC1Cc1cccc(O[C@H]2c3cc(O)cc(O)c3C[C@@H]2C2CC[C@@H](O)C2)c1. The zero-order valence-electron chi connectivity index (χ0n) is 18.8. The predicted molar refractivity (Wildman–Crippen MR) is 122 cm³/mol. The van der Waals surface area contributed by atoms with Crippen molar-refractivity contribution in [3.63, 3.8) is 0 Å². The minimum atomic E-state index is -0.314. The number of benzene rings is 2. The van der Waals surface area contributed by atoms with Crippen LogP contribution in [-0.4, -0.2) is 34.0 Å². The van der Waals surface area contributed by atoms with Crippen molar-refractivity contribution >= 4 is 5.97 Å². The van der Waals surface area contributed by atoms with Crippen molar-refractivity contribution in [1.29, 1.82) is 0 Å². The van der Waals surface area contributed by atoms with Crippen molar-refractivity contribution in [2.45, 2.75) is 63.6 Å². The van der Waals surface area contributed by atoms with Crippen LogP contribution in [0.3, 0.4) is 0 Å². The van der Waals surface area contributed by atoms with Gasteiger partial charge in [0.25, 0.3) is 0 Å². The van der Waals surface area contributed by atoms with E-state index in [1.54, 1.807) is 6.07 Å². The smallest absolute Gasteiger partial charge is 0.309 e. The number of carbonyl (C=O) groups excluding carboxylic acids is 1. The number of hydrogen-bond donors (Lipinski definition) is 3. The van der Waals surface area contributed by atoms with E-state index in [0.29, 0.717) is 31.1 Å². The fourth-order valence-corrected chi connectivity index (χ4v) is 5.92. The number of rotatable bonds is 5. The molecule has 3 N–H and O–H groups in total. The van der Waals surface area contributed by atoms with Crippen molar-refractivity contribution in [2.75, 3.05) is 6.61 Å². The van der Waals surface area contributed by atoms with E-state index >= 15 is 0 Å². The molecule has 2 aromatic rings. The van der Waals surface area contributed by atoms with Crippen molar-refractivity contribution in [2.24, 2.45) is 17.8 Å². The standard InChI is InChI=1S/C27H32O6/c28-19-8-7-17(12-19)22-15-23-24(13-20(29)14-25(23)30)26(22)33-21-6-3-4-16(11-21)10-18-5-1-2-9-32-27(18)31/h3-4,6,11,13-14,17-19,22,26,28-30H,1-2,5,7-10,12,15H2/t17?,18?,19-,22-,26-/m1/s1. The Morgan fingerprint density at radius 1 is 1.06 bits per heavy atom. The van der Waals surface area contributed by atoms with Gasteiger partial charge in [-0.25, -0.2) is 0 Å². The summed E-state index contributed by atoms with van der Waals surface area (Å²) in [6.45, 7) is 0.510. The normalized spacial score (nSPS) is 29.4. The third kappa shape index (κ3) is 4.67. The molecule has 0 amide bonds. The molecule has 0 radical (unpaired) electrons. The van der Waals surface area contributed by atoms with Crippen LogP contribution < -0.4 is 4.74 Å². The van der Waals surface area contributed by atoms with Crippen LogP contribution in [0, 0.1) is 17.8 Å². The molecule has 6 nitrogen and oxygen atoms in total.